The predicted molar refractivity (Wildman–Crippen MR) is 118 cm³/mol. The predicted octanol–water partition coefficient (Wildman–Crippen LogP) is 5.28. The van der Waals surface area contributed by atoms with Gasteiger partial charge in [-0.1, -0.05) is 54.6 Å². The molecular weight excluding hydrogens is 390 g/mol. The molecule has 0 fully saturated rings. The summed E-state index contributed by atoms with van der Waals surface area (Å²) in [6, 6.07) is 22.9. The summed E-state index contributed by atoms with van der Waals surface area (Å²) < 4.78 is 3.46. The van der Waals surface area contributed by atoms with E-state index in [1.807, 2.05) is 72.8 Å². The van der Waals surface area contributed by atoms with Gasteiger partial charge in [-0.15, -0.1) is 10.2 Å². The van der Waals surface area contributed by atoms with Crippen molar-refractivity contribution in [3.05, 3.63) is 95.9 Å². The molecule has 0 aliphatic heterocycles. The number of rotatable bonds is 4. The van der Waals surface area contributed by atoms with Crippen molar-refractivity contribution in [2.24, 2.45) is 10.2 Å². The first-order valence-corrected chi connectivity index (χ1v) is 9.87. The standard InChI is InChI=1S/C24H19N5O2/c1-16-22(28-14-8-7-13-20(28)25-16)23(30)27-26-21-18-11-5-6-12-19(18)29(24(21)31)15-17-9-3-2-4-10-17/h2-14,31H,15H2,1H3. The van der Waals surface area contributed by atoms with Crippen molar-refractivity contribution in [2.45, 2.75) is 13.5 Å². The van der Waals surface area contributed by atoms with Crippen LogP contribution in [0.25, 0.3) is 16.6 Å². The third-order valence-electron chi connectivity index (χ3n) is 5.25. The summed E-state index contributed by atoms with van der Waals surface area (Å²) in [5, 5.41) is 19.7. The van der Waals surface area contributed by atoms with Crippen LogP contribution in [-0.4, -0.2) is 25.0 Å². The van der Waals surface area contributed by atoms with E-state index >= 15 is 0 Å². The number of aryl methyl sites for hydroxylation is 1. The van der Waals surface area contributed by atoms with Crippen molar-refractivity contribution >= 4 is 28.1 Å². The minimum atomic E-state index is -0.518. The van der Waals surface area contributed by atoms with E-state index in [0.717, 1.165) is 16.5 Å². The van der Waals surface area contributed by atoms with Crippen LogP contribution >= 0.6 is 0 Å². The van der Waals surface area contributed by atoms with Gasteiger partial charge in [0.15, 0.2) is 5.69 Å². The van der Waals surface area contributed by atoms with Gasteiger partial charge in [0.25, 0.3) is 0 Å². The maximum Gasteiger partial charge on any atom is 0.314 e. The van der Waals surface area contributed by atoms with Crippen LogP contribution in [0.15, 0.2) is 89.2 Å². The van der Waals surface area contributed by atoms with E-state index in [2.05, 4.69) is 15.2 Å². The van der Waals surface area contributed by atoms with Gasteiger partial charge in [-0.2, -0.15) is 0 Å². The topological polar surface area (TPSA) is 84.2 Å². The molecule has 2 aromatic carbocycles. The second-order valence-corrected chi connectivity index (χ2v) is 7.24. The van der Waals surface area contributed by atoms with Crippen molar-refractivity contribution < 1.29 is 9.90 Å². The number of aromatic nitrogens is 3. The summed E-state index contributed by atoms with van der Waals surface area (Å²) in [7, 11) is 0. The molecule has 0 aliphatic rings. The Kier molecular flexibility index (Phi) is 4.55. The average Bonchev–Trinajstić information content (AvgIpc) is 3.26. The minimum Gasteiger partial charge on any atom is -0.493 e. The van der Waals surface area contributed by atoms with Gasteiger partial charge in [0.2, 0.25) is 5.88 Å². The number of carbonyl (C=O) groups is 1. The molecule has 3 aromatic heterocycles. The van der Waals surface area contributed by atoms with Crippen molar-refractivity contribution in [1.82, 2.24) is 14.0 Å². The number of pyridine rings is 1. The van der Waals surface area contributed by atoms with E-state index in [-0.39, 0.29) is 11.6 Å². The van der Waals surface area contributed by atoms with Crippen molar-refractivity contribution in [3.63, 3.8) is 0 Å². The normalized spacial score (nSPS) is 11.6. The van der Waals surface area contributed by atoms with E-state index in [0.29, 0.717) is 23.6 Å². The van der Waals surface area contributed by atoms with Gasteiger partial charge in [-0.25, -0.2) is 4.98 Å². The number of fused-ring (bicyclic) bond motifs is 2. The number of benzene rings is 2. The molecule has 7 nitrogen and oxygen atoms in total. The fourth-order valence-electron chi connectivity index (χ4n) is 3.81. The molecule has 152 valence electrons. The Bertz CT molecular complexity index is 1450. The summed E-state index contributed by atoms with van der Waals surface area (Å²) in [5.74, 6) is -0.549. The maximum absolute atomic E-state index is 12.8. The first kappa shape index (κ1) is 18.7. The van der Waals surface area contributed by atoms with Gasteiger partial charge >= 0.3 is 5.91 Å². The number of carbonyl (C=O) groups excluding carboxylic acids is 1. The van der Waals surface area contributed by atoms with Gasteiger partial charge in [-0.05, 0) is 30.7 Å². The van der Waals surface area contributed by atoms with Gasteiger partial charge in [0.1, 0.15) is 11.3 Å². The van der Waals surface area contributed by atoms with Crippen LogP contribution in [0, 0.1) is 6.92 Å². The van der Waals surface area contributed by atoms with Crippen LogP contribution in [0.2, 0.25) is 0 Å². The van der Waals surface area contributed by atoms with Crippen LogP contribution in [-0.2, 0) is 6.54 Å². The number of imidazole rings is 1. The third kappa shape index (κ3) is 3.26. The number of amides is 1. The Morgan fingerprint density at radius 2 is 1.74 bits per heavy atom. The Hall–Kier alpha value is -4.26. The van der Waals surface area contributed by atoms with Crippen molar-refractivity contribution in [3.8, 4) is 5.88 Å². The fraction of sp³-hybridized carbons (Fsp3) is 0.0833. The van der Waals surface area contributed by atoms with Crippen LogP contribution < -0.4 is 0 Å². The lowest BCUT2D eigenvalue weighted by molar-refractivity contribution is 0.0989. The Morgan fingerprint density at radius 3 is 2.58 bits per heavy atom. The summed E-state index contributed by atoms with van der Waals surface area (Å²) in [4.78, 5) is 17.2. The molecule has 0 saturated heterocycles. The third-order valence-corrected chi connectivity index (χ3v) is 5.25. The number of azo groups is 1. The largest absolute Gasteiger partial charge is 0.493 e. The van der Waals surface area contributed by atoms with Crippen LogP contribution in [0.4, 0.5) is 5.69 Å². The number of para-hydroxylation sites is 1. The highest BCUT2D eigenvalue weighted by Gasteiger charge is 2.19. The monoisotopic (exact) mass is 409 g/mol. The number of nitrogens with zero attached hydrogens (tertiary/aromatic N) is 5. The number of hydrogen-bond donors (Lipinski definition) is 1. The van der Waals surface area contributed by atoms with Crippen molar-refractivity contribution in [1.29, 1.82) is 0 Å². The summed E-state index contributed by atoms with van der Waals surface area (Å²) in [5.41, 5.74) is 3.72. The zero-order valence-corrected chi connectivity index (χ0v) is 16.8. The van der Waals surface area contributed by atoms with Gasteiger partial charge in [-0.3, -0.25) is 9.20 Å². The summed E-state index contributed by atoms with van der Waals surface area (Å²) in [6.07, 6.45) is 1.77. The van der Waals surface area contributed by atoms with E-state index < -0.39 is 5.91 Å². The second kappa shape index (κ2) is 7.53. The molecule has 31 heavy (non-hydrogen) atoms. The average molecular weight is 409 g/mol. The zero-order valence-electron chi connectivity index (χ0n) is 16.8. The molecule has 0 radical (unpaired) electrons. The molecule has 5 rings (SSSR count). The van der Waals surface area contributed by atoms with E-state index in [4.69, 9.17) is 0 Å². The molecule has 3 heterocycles. The molecule has 0 bridgehead atoms. The van der Waals surface area contributed by atoms with E-state index in [1.54, 1.807) is 22.1 Å². The summed E-state index contributed by atoms with van der Waals surface area (Å²) in [6.45, 7) is 2.24. The molecule has 1 N–H and O–H groups in total. The van der Waals surface area contributed by atoms with Crippen LogP contribution in [0.5, 0.6) is 5.88 Å². The highest BCUT2D eigenvalue weighted by atomic mass is 16.3. The lowest BCUT2D eigenvalue weighted by Gasteiger charge is -2.06. The highest BCUT2D eigenvalue weighted by molar-refractivity contribution is 5.97. The first-order valence-electron chi connectivity index (χ1n) is 9.87. The molecule has 0 atom stereocenters. The van der Waals surface area contributed by atoms with Gasteiger partial charge in [0, 0.05) is 11.6 Å². The molecule has 0 unspecified atom stereocenters. The van der Waals surface area contributed by atoms with E-state index in [1.165, 1.54) is 0 Å². The molecular formula is C24H19N5O2. The first-order chi connectivity index (χ1) is 15.1. The number of hydrogen-bond acceptors (Lipinski definition) is 4. The Morgan fingerprint density at radius 1 is 1.00 bits per heavy atom. The van der Waals surface area contributed by atoms with Crippen LogP contribution in [0.1, 0.15) is 21.7 Å². The van der Waals surface area contributed by atoms with Gasteiger partial charge < -0.3 is 9.67 Å². The smallest absolute Gasteiger partial charge is 0.314 e. The quantitative estimate of drug-likeness (QED) is 0.410. The molecule has 0 spiro atoms. The second-order valence-electron chi connectivity index (χ2n) is 7.24. The Balaban J connectivity index is 1.56. The van der Waals surface area contributed by atoms with Crippen molar-refractivity contribution in [2.75, 3.05) is 0 Å². The minimum absolute atomic E-state index is 0.0310. The zero-order chi connectivity index (χ0) is 21.4. The van der Waals surface area contributed by atoms with Gasteiger partial charge in [0.05, 0.1) is 17.8 Å². The SMILES string of the molecule is Cc1nc2ccccn2c1C(=O)N=Nc1c(O)n(Cc2ccccc2)c2ccccc12. The molecule has 0 saturated carbocycles. The van der Waals surface area contributed by atoms with E-state index in [9.17, 15) is 9.90 Å². The molecule has 0 aliphatic carbocycles. The molecule has 7 heteroatoms. The molecule has 1 amide bonds. The van der Waals surface area contributed by atoms with Crippen LogP contribution in [0.3, 0.4) is 0 Å². The lowest BCUT2D eigenvalue weighted by Crippen LogP contribution is -2.01. The molecule has 5 aromatic rings. The lowest BCUT2D eigenvalue weighted by atomic mass is 10.2. The fourth-order valence-corrected chi connectivity index (χ4v) is 3.81. The number of aromatic hydroxyl groups is 1. The maximum atomic E-state index is 12.8. The summed E-state index contributed by atoms with van der Waals surface area (Å²) >= 11 is 0. The highest BCUT2D eigenvalue weighted by Crippen LogP contribution is 2.39. The Labute approximate surface area is 177 Å².